The Labute approximate surface area is 159 Å². The van der Waals surface area contributed by atoms with Crippen LogP contribution in [0.3, 0.4) is 0 Å². The number of hydrogen-bond acceptors (Lipinski definition) is 5. The predicted octanol–water partition coefficient (Wildman–Crippen LogP) is 5.56. The largest absolute Gasteiger partial charge is 0.470 e. The van der Waals surface area contributed by atoms with Crippen LogP contribution in [0.5, 0.6) is 0 Å². The van der Waals surface area contributed by atoms with Crippen molar-refractivity contribution in [3.05, 3.63) is 42.9 Å². The monoisotopic (exact) mass is 370 g/mol. The molecule has 1 aromatic carbocycles. The van der Waals surface area contributed by atoms with E-state index in [0.29, 0.717) is 0 Å². The van der Waals surface area contributed by atoms with Gasteiger partial charge in [-0.2, -0.15) is 0 Å². The summed E-state index contributed by atoms with van der Waals surface area (Å²) >= 11 is 1.75. The van der Waals surface area contributed by atoms with E-state index in [-0.39, 0.29) is 0 Å². The highest BCUT2D eigenvalue weighted by Gasteiger charge is 2.16. The van der Waals surface area contributed by atoms with Crippen LogP contribution < -0.4 is 5.73 Å². The first-order chi connectivity index (χ1) is 12.8. The molecule has 138 valence electrons. The van der Waals surface area contributed by atoms with Crippen LogP contribution in [0, 0.1) is 0 Å². The Bertz CT molecular complexity index is 781. The number of nitrogen functional groups attached to an aromatic ring is 1. The number of furan rings is 1. The molecule has 2 N–H and O–H groups in total. The number of anilines is 1. The summed E-state index contributed by atoms with van der Waals surface area (Å²) in [7, 11) is 0. The van der Waals surface area contributed by atoms with Gasteiger partial charge in [0, 0.05) is 23.1 Å². The van der Waals surface area contributed by atoms with Gasteiger partial charge in [0.2, 0.25) is 0 Å². The van der Waals surface area contributed by atoms with E-state index < -0.39 is 0 Å². The van der Waals surface area contributed by atoms with E-state index in [2.05, 4.69) is 21.7 Å². The van der Waals surface area contributed by atoms with Crippen LogP contribution >= 0.6 is 11.8 Å². The number of hydrogen-bond donors (Lipinski definition) is 1. The Morgan fingerprint density at radius 2 is 1.77 bits per heavy atom. The van der Waals surface area contributed by atoms with Crippen molar-refractivity contribution in [2.75, 3.05) is 11.5 Å². The standard InChI is InChI=1S/C20H26N4OS/c1-2-3-4-5-6-7-14-26-20-23-22-19(16-8-10-17(21)11-9-16)24(20)18-12-13-25-15-18/h8-13,15H,2-7,14,21H2,1H3. The van der Waals surface area contributed by atoms with Crippen molar-refractivity contribution < 1.29 is 4.42 Å². The number of nitrogens with zero attached hydrogens (tertiary/aromatic N) is 3. The molecule has 0 aliphatic heterocycles. The van der Waals surface area contributed by atoms with Crippen molar-refractivity contribution in [2.45, 2.75) is 50.6 Å². The summed E-state index contributed by atoms with van der Waals surface area (Å²) in [5.74, 6) is 1.85. The lowest BCUT2D eigenvalue weighted by molar-refractivity contribution is 0.565. The Morgan fingerprint density at radius 3 is 2.50 bits per heavy atom. The quantitative estimate of drug-likeness (QED) is 0.287. The molecule has 5 nitrogen and oxygen atoms in total. The lowest BCUT2D eigenvalue weighted by Gasteiger charge is -2.08. The van der Waals surface area contributed by atoms with Gasteiger partial charge in [-0.3, -0.25) is 4.57 Å². The highest BCUT2D eigenvalue weighted by atomic mass is 32.2. The van der Waals surface area contributed by atoms with E-state index in [1.54, 1.807) is 24.3 Å². The Balaban J connectivity index is 1.71. The van der Waals surface area contributed by atoms with Gasteiger partial charge in [0.1, 0.15) is 6.26 Å². The Hall–Kier alpha value is -2.21. The maximum absolute atomic E-state index is 5.81. The minimum Gasteiger partial charge on any atom is -0.470 e. The van der Waals surface area contributed by atoms with Crippen LogP contribution in [0.25, 0.3) is 17.1 Å². The second kappa shape index (κ2) is 9.48. The van der Waals surface area contributed by atoms with Gasteiger partial charge in [0.15, 0.2) is 11.0 Å². The molecule has 3 aromatic rings. The maximum Gasteiger partial charge on any atom is 0.196 e. The molecular weight excluding hydrogens is 344 g/mol. The van der Waals surface area contributed by atoms with Gasteiger partial charge in [-0.25, -0.2) is 0 Å². The van der Waals surface area contributed by atoms with Crippen LogP contribution in [0.2, 0.25) is 0 Å². The average molecular weight is 371 g/mol. The summed E-state index contributed by atoms with van der Waals surface area (Å²) in [5, 5.41) is 9.74. The van der Waals surface area contributed by atoms with Gasteiger partial charge in [0.05, 0.1) is 12.0 Å². The number of rotatable bonds is 10. The highest BCUT2D eigenvalue weighted by Crippen LogP contribution is 2.29. The first-order valence-corrected chi connectivity index (χ1v) is 10.2. The zero-order valence-corrected chi connectivity index (χ0v) is 16.0. The third kappa shape index (κ3) is 4.69. The fourth-order valence-corrected chi connectivity index (χ4v) is 3.80. The van der Waals surface area contributed by atoms with Gasteiger partial charge in [-0.05, 0) is 30.7 Å². The maximum atomic E-state index is 5.81. The van der Waals surface area contributed by atoms with Crippen LogP contribution in [-0.2, 0) is 0 Å². The summed E-state index contributed by atoms with van der Waals surface area (Å²) in [6.07, 6.45) is 11.2. The summed E-state index contributed by atoms with van der Waals surface area (Å²) in [6.45, 7) is 2.25. The number of benzene rings is 1. The Morgan fingerprint density at radius 1 is 1.00 bits per heavy atom. The molecule has 6 heteroatoms. The third-order valence-electron chi connectivity index (χ3n) is 4.30. The first-order valence-electron chi connectivity index (χ1n) is 9.26. The summed E-state index contributed by atoms with van der Waals surface area (Å²) in [4.78, 5) is 0. The van der Waals surface area contributed by atoms with Gasteiger partial charge >= 0.3 is 0 Å². The summed E-state index contributed by atoms with van der Waals surface area (Å²) < 4.78 is 7.33. The van der Waals surface area contributed by atoms with Crippen LogP contribution in [0.15, 0.2) is 52.4 Å². The predicted molar refractivity (Wildman–Crippen MR) is 108 cm³/mol. The number of unbranched alkanes of at least 4 members (excludes halogenated alkanes) is 5. The van der Waals surface area contributed by atoms with E-state index in [1.165, 1.54) is 38.5 Å². The smallest absolute Gasteiger partial charge is 0.196 e. The Kier molecular flexibility index (Phi) is 6.77. The van der Waals surface area contributed by atoms with Crippen molar-refractivity contribution in [1.82, 2.24) is 14.8 Å². The summed E-state index contributed by atoms with van der Waals surface area (Å²) in [6, 6.07) is 9.63. The lowest BCUT2D eigenvalue weighted by atomic mass is 10.1. The van der Waals surface area contributed by atoms with Crippen molar-refractivity contribution in [3.8, 4) is 17.1 Å². The molecule has 0 fully saturated rings. The number of thioether (sulfide) groups is 1. The molecule has 0 radical (unpaired) electrons. The van der Waals surface area contributed by atoms with Crippen LogP contribution in [-0.4, -0.2) is 20.5 Å². The molecule has 0 spiro atoms. The molecule has 0 saturated heterocycles. The molecule has 0 unspecified atom stereocenters. The molecule has 2 heterocycles. The van der Waals surface area contributed by atoms with E-state index in [0.717, 1.165) is 33.7 Å². The van der Waals surface area contributed by atoms with Crippen LogP contribution in [0.1, 0.15) is 45.4 Å². The van der Waals surface area contributed by atoms with E-state index in [1.807, 2.05) is 30.3 Å². The molecule has 0 aliphatic rings. The normalized spacial score (nSPS) is 11.1. The fraction of sp³-hybridized carbons (Fsp3) is 0.400. The topological polar surface area (TPSA) is 69.9 Å². The van der Waals surface area contributed by atoms with Crippen molar-refractivity contribution in [3.63, 3.8) is 0 Å². The number of aromatic nitrogens is 3. The minimum atomic E-state index is 0.737. The van der Waals surface area contributed by atoms with E-state index in [4.69, 9.17) is 10.2 Å². The molecule has 2 aromatic heterocycles. The summed E-state index contributed by atoms with van der Waals surface area (Å²) in [5.41, 5.74) is 8.46. The van der Waals surface area contributed by atoms with Gasteiger partial charge in [-0.15, -0.1) is 10.2 Å². The van der Waals surface area contributed by atoms with Gasteiger partial charge in [-0.1, -0.05) is 50.8 Å². The first kappa shape index (κ1) is 18.6. The second-order valence-electron chi connectivity index (χ2n) is 6.36. The van der Waals surface area contributed by atoms with E-state index >= 15 is 0 Å². The van der Waals surface area contributed by atoms with Crippen LogP contribution in [0.4, 0.5) is 5.69 Å². The minimum absolute atomic E-state index is 0.737. The SMILES string of the molecule is CCCCCCCCSc1nnc(-c2ccc(N)cc2)n1-c1ccoc1. The molecule has 0 saturated carbocycles. The molecule has 26 heavy (non-hydrogen) atoms. The second-order valence-corrected chi connectivity index (χ2v) is 7.42. The van der Waals surface area contributed by atoms with Gasteiger partial charge < -0.3 is 10.2 Å². The molecule has 0 aliphatic carbocycles. The zero-order valence-electron chi connectivity index (χ0n) is 15.2. The molecular formula is C20H26N4OS. The highest BCUT2D eigenvalue weighted by molar-refractivity contribution is 7.99. The number of nitrogens with two attached hydrogens (primary N) is 1. The zero-order chi connectivity index (χ0) is 18.2. The molecule has 0 bridgehead atoms. The fourth-order valence-electron chi connectivity index (χ4n) is 2.85. The van der Waals surface area contributed by atoms with Crippen molar-refractivity contribution in [1.29, 1.82) is 0 Å². The molecule has 0 atom stereocenters. The lowest BCUT2D eigenvalue weighted by Crippen LogP contribution is -1.99. The molecule has 0 amide bonds. The molecule has 3 rings (SSSR count). The van der Waals surface area contributed by atoms with Crippen molar-refractivity contribution >= 4 is 17.4 Å². The van der Waals surface area contributed by atoms with Crippen molar-refractivity contribution in [2.24, 2.45) is 0 Å². The average Bonchev–Trinajstić information content (AvgIpc) is 3.31. The van der Waals surface area contributed by atoms with Gasteiger partial charge in [0.25, 0.3) is 0 Å². The third-order valence-corrected chi connectivity index (χ3v) is 5.31. The van der Waals surface area contributed by atoms with E-state index in [9.17, 15) is 0 Å².